The number of nitrogens with zero attached hydrogens (tertiary/aromatic N) is 3. The Morgan fingerprint density at radius 1 is 1.14 bits per heavy atom. The second-order valence-corrected chi connectivity index (χ2v) is 10.9. The maximum atomic E-state index is 13.8. The van der Waals surface area contributed by atoms with Crippen molar-refractivity contribution in [2.75, 3.05) is 19.7 Å². The topological polar surface area (TPSA) is 98.0 Å². The van der Waals surface area contributed by atoms with Crippen LogP contribution in [0.5, 0.6) is 0 Å². The van der Waals surface area contributed by atoms with Gasteiger partial charge < -0.3 is 9.30 Å². The lowest BCUT2D eigenvalue weighted by atomic mass is 9.99. The molecule has 0 radical (unpaired) electrons. The van der Waals surface area contributed by atoms with Crippen LogP contribution < -0.4 is 4.80 Å². The van der Waals surface area contributed by atoms with E-state index in [4.69, 9.17) is 4.74 Å². The van der Waals surface area contributed by atoms with E-state index < -0.39 is 39.5 Å². The monoisotopic (exact) mass is 523 g/mol. The molecule has 1 fully saturated rings. The number of hydrogen-bond donors (Lipinski definition) is 0. The molecule has 0 bridgehead atoms. The predicted octanol–water partition coefficient (Wildman–Crippen LogP) is 3.07. The summed E-state index contributed by atoms with van der Waals surface area (Å²) in [4.78, 5) is 29.6. The number of sulfonamides is 1. The lowest BCUT2D eigenvalue weighted by Gasteiger charge is -2.30. The maximum Gasteiger partial charge on any atom is 0.326 e. The summed E-state index contributed by atoms with van der Waals surface area (Å²) in [5.74, 6) is -2.77. The largest absolute Gasteiger partial charge is 0.465 e. The minimum absolute atomic E-state index is 0.0530. The van der Waals surface area contributed by atoms with Crippen molar-refractivity contribution in [3.8, 4) is 0 Å². The molecule has 2 aromatic carbocycles. The first kappa shape index (κ1) is 25.1. The van der Waals surface area contributed by atoms with Crippen LogP contribution in [0, 0.1) is 17.6 Å². The molecule has 1 atom stereocenters. The van der Waals surface area contributed by atoms with Gasteiger partial charge in [0.2, 0.25) is 10.0 Å². The number of halogens is 2. The number of benzene rings is 2. The van der Waals surface area contributed by atoms with Gasteiger partial charge in [-0.1, -0.05) is 11.3 Å². The summed E-state index contributed by atoms with van der Waals surface area (Å²) in [7, 11) is -3.91. The Labute approximate surface area is 204 Å². The molecule has 186 valence electrons. The van der Waals surface area contributed by atoms with Crippen LogP contribution in [-0.4, -0.2) is 48.9 Å². The Kier molecular flexibility index (Phi) is 7.43. The molecule has 12 heteroatoms. The number of rotatable bonds is 6. The zero-order valence-electron chi connectivity index (χ0n) is 18.8. The molecule has 0 saturated carbocycles. The average molecular weight is 524 g/mol. The first-order valence-electron chi connectivity index (χ1n) is 11.0. The van der Waals surface area contributed by atoms with E-state index in [1.807, 2.05) is 0 Å². The lowest BCUT2D eigenvalue weighted by Crippen LogP contribution is -2.42. The zero-order chi connectivity index (χ0) is 25.2. The molecule has 3 aromatic rings. The molecule has 0 spiro atoms. The first-order valence-corrected chi connectivity index (χ1v) is 13.2. The molecular weight excluding hydrogens is 500 g/mol. The van der Waals surface area contributed by atoms with Gasteiger partial charge in [0.15, 0.2) is 4.80 Å². The van der Waals surface area contributed by atoms with E-state index in [1.165, 1.54) is 39.2 Å². The Morgan fingerprint density at radius 2 is 1.86 bits per heavy atom. The lowest BCUT2D eigenvalue weighted by molar-refractivity contribution is -0.143. The van der Waals surface area contributed by atoms with Crippen LogP contribution in [0.1, 0.15) is 19.8 Å². The second-order valence-electron chi connectivity index (χ2n) is 7.99. The average Bonchev–Trinajstić information content (AvgIpc) is 3.15. The number of carbonyl (C=O) groups is 2. The van der Waals surface area contributed by atoms with E-state index >= 15 is 0 Å². The van der Waals surface area contributed by atoms with E-state index in [0.717, 1.165) is 23.5 Å². The van der Waals surface area contributed by atoms with Crippen molar-refractivity contribution in [1.82, 2.24) is 8.87 Å². The number of esters is 1. The van der Waals surface area contributed by atoms with E-state index in [-0.39, 0.29) is 35.9 Å². The van der Waals surface area contributed by atoms with Crippen molar-refractivity contribution in [1.29, 1.82) is 0 Å². The van der Waals surface area contributed by atoms with Gasteiger partial charge in [-0.3, -0.25) is 9.59 Å². The van der Waals surface area contributed by atoms with Crippen molar-refractivity contribution in [3.63, 3.8) is 0 Å². The van der Waals surface area contributed by atoms with Gasteiger partial charge >= 0.3 is 5.97 Å². The first-order chi connectivity index (χ1) is 16.7. The molecule has 1 aliphatic rings. The smallest absolute Gasteiger partial charge is 0.326 e. The van der Waals surface area contributed by atoms with Gasteiger partial charge in [0.25, 0.3) is 5.91 Å². The molecule has 1 unspecified atom stereocenters. The zero-order valence-corrected chi connectivity index (χ0v) is 20.4. The van der Waals surface area contributed by atoms with E-state index in [1.54, 1.807) is 6.92 Å². The fourth-order valence-electron chi connectivity index (χ4n) is 3.92. The molecule has 0 N–H and O–H groups in total. The fourth-order valence-corrected chi connectivity index (χ4v) is 6.51. The summed E-state index contributed by atoms with van der Waals surface area (Å²) in [6.45, 7) is 1.81. The molecule has 1 aliphatic heterocycles. The predicted molar refractivity (Wildman–Crippen MR) is 125 cm³/mol. The highest BCUT2D eigenvalue weighted by atomic mass is 32.2. The van der Waals surface area contributed by atoms with Gasteiger partial charge in [-0.05, 0) is 62.2 Å². The van der Waals surface area contributed by atoms with Crippen LogP contribution in [0.15, 0.2) is 52.4 Å². The fraction of sp³-hybridized carbons (Fsp3) is 0.348. The number of hydrogen-bond acceptors (Lipinski definition) is 6. The van der Waals surface area contributed by atoms with Crippen LogP contribution in [0.2, 0.25) is 0 Å². The van der Waals surface area contributed by atoms with E-state index in [0.29, 0.717) is 23.1 Å². The quantitative estimate of drug-likeness (QED) is 0.463. The van der Waals surface area contributed by atoms with Crippen LogP contribution in [0.4, 0.5) is 8.78 Å². The molecule has 1 amide bonds. The van der Waals surface area contributed by atoms with Gasteiger partial charge in [-0.15, -0.1) is 0 Å². The molecule has 2 heterocycles. The molecule has 0 aliphatic carbocycles. The van der Waals surface area contributed by atoms with Gasteiger partial charge in [-0.25, -0.2) is 17.2 Å². The van der Waals surface area contributed by atoms with Crippen molar-refractivity contribution in [2.24, 2.45) is 10.9 Å². The molecule has 4 rings (SSSR count). The number of carbonyl (C=O) groups excluding carboxylic acids is 2. The Balaban J connectivity index is 1.63. The maximum absolute atomic E-state index is 13.8. The van der Waals surface area contributed by atoms with Crippen LogP contribution in [-0.2, 0) is 30.9 Å². The molecule has 1 aromatic heterocycles. The summed E-state index contributed by atoms with van der Waals surface area (Å²) in [6, 6.07) is 8.57. The summed E-state index contributed by atoms with van der Waals surface area (Å²) in [5.41, 5.74) is 0.528. The minimum Gasteiger partial charge on any atom is -0.465 e. The third-order valence-corrected chi connectivity index (χ3v) is 8.55. The highest BCUT2D eigenvalue weighted by Crippen LogP contribution is 2.25. The number of aromatic nitrogens is 1. The number of ether oxygens (including phenoxy) is 1. The Bertz CT molecular complexity index is 1430. The summed E-state index contributed by atoms with van der Waals surface area (Å²) >= 11 is 1.06. The second kappa shape index (κ2) is 10.3. The third kappa shape index (κ3) is 5.49. The van der Waals surface area contributed by atoms with Crippen molar-refractivity contribution in [2.45, 2.75) is 31.2 Å². The number of amides is 1. The normalized spacial score (nSPS) is 17.6. The SMILES string of the molecule is CCOC(=O)Cn1c(=NC(=O)C2CCCN(S(=O)(=O)c3ccc(F)cc3)C2)sc2cc(F)ccc21. The summed E-state index contributed by atoms with van der Waals surface area (Å²) in [5, 5.41) is 0. The molecule has 35 heavy (non-hydrogen) atoms. The Hall–Kier alpha value is -2.96. The van der Waals surface area contributed by atoms with Crippen LogP contribution >= 0.6 is 11.3 Å². The van der Waals surface area contributed by atoms with Gasteiger partial charge in [-0.2, -0.15) is 9.30 Å². The molecular formula is C23H23F2N3O5S2. The highest BCUT2D eigenvalue weighted by Gasteiger charge is 2.33. The van der Waals surface area contributed by atoms with Crippen molar-refractivity contribution >= 4 is 43.5 Å². The number of thiazole rings is 1. The van der Waals surface area contributed by atoms with E-state index in [2.05, 4.69) is 4.99 Å². The number of piperidine rings is 1. The van der Waals surface area contributed by atoms with Crippen LogP contribution in [0.25, 0.3) is 10.2 Å². The van der Waals surface area contributed by atoms with Crippen LogP contribution in [0.3, 0.4) is 0 Å². The summed E-state index contributed by atoms with van der Waals surface area (Å²) < 4.78 is 61.2. The van der Waals surface area contributed by atoms with E-state index in [9.17, 15) is 26.8 Å². The minimum atomic E-state index is -3.91. The highest BCUT2D eigenvalue weighted by molar-refractivity contribution is 7.89. The number of fused-ring (bicyclic) bond motifs is 1. The molecule has 1 saturated heterocycles. The van der Waals surface area contributed by atoms with Crippen molar-refractivity contribution in [3.05, 3.63) is 58.9 Å². The van der Waals surface area contributed by atoms with Crippen molar-refractivity contribution < 1.29 is 31.5 Å². The molecule has 8 nitrogen and oxygen atoms in total. The van der Waals surface area contributed by atoms with Gasteiger partial charge in [0, 0.05) is 13.1 Å². The van der Waals surface area contributed by atoms with Gasteiger partial charge in [0.1, 0.15) is 18.2 Å². The van der Waals surface area contributed by atoms with Gasteiger partial charge in [0.05, 0.1) is 27.6 Å². The Morgan fingerprint density at radius 3 is 2.57 bits per heavy atom. The standard InChI is InChI=1S/C23H23F2N3O5S2/c1-2-33-21(29)14-28-19-10-7-17(25)12-20(19)34-23(28)26-22(30)15-4-3-11-27(13-15)35(31,32)18-8-5-16(24)6-9-18/h5-10,12,15H,2-4,11,13-14H2,1H3. The third-order valence-electron chi connectivity index (χ3n) is 5.63. The summed E-state index contributed by atoms with van der Waals surface area (Å²) in [6.07, 6.45) is 0.891.